The lowest BCUT2D eigenvalue weighted by Gasteiger charge is -2.33. The highest BCUT2D eigenvalue weighted by Crippen LogP contribution is 2.54. The molecule has 0 radical (unpaired) electrons. The molecule has 2 atom stereocenters. The van der Waals surface area contributed by atoms with E-state index in [1.54, 1.807) is 23.4 Å². The van der Waals surface area contributed by atoms with Gasteiger partial charge >= 0.3 is 5.69 Å². The lowest BCUT2D eigenvalue weighted by atomic mass is 9.73. The quantitative estimate of drug-likeness (QED) is 0.677. The number of benzene rings is 1. The summed E-state index contributed by atoms with van der Waals surface area (Å²) in [5.74, 6) is -0.613. The molecule has 9 nitrogen and oxygen atoms in total. The number of carbonyl (C=O) groups is 2. The molecule has 1 fully saturated rings. The molecule has 1 saturated heterocycles. The predicted molar refractivity (Wildman–Crippen MR) is 103 cm³/mol. The second-order valence-electron chi connectivity index (χ2n) is 7.31. The van der Waals surface area contributed by atoms with Gasteiger partial charge in [-0.1, -0.05) is 24.3 Å². The Morgan fingerprint density at radius 3 is 2.76 bits per heavy atom. The van der Waals surface area contributed by atoms with Crippen molar-refractivity contribution in [2.75, 3.05) is 11.9 Å². The van der Waals surface area contributed by atoms with Crippen molar-refractivity contribution in [2.24, 2.45) is 7.05 Å². The zero-order valence-corrected chi connectivity index (χ0v) is 15.6. The van der Waals surface area contributed by atoms with Crippen molar-refractivity contribution in [1.82, 2.24) is 24.6 Å². The third-order valence-corrected chi connectivity index (χ3v) is 5.82. The van der Waals surface area contributed by atoms with E-state index in [1.807, 2.05) is 30.3 Å². The van der Waals surface area contributed by atoms with E-state index < -0.39 is 23.1 Å². The number of H-pyrrole nitrogens is 1. The van der Waals surface area contributed by atoms with E-state index in [9.17, 15) is 14.4 Å². The van der Waals surface area contributed by atoms with Crippen LogP contribution in [0.25, 0.3) is 0 Å². The predicted octanol–water partition coefficient (Wildman–Crippen LogP) is 0.981. The monoisotopic (exact) mass is 390 g/mol. The molecular weight excluding hydrogens is 372 g/mol. The number of aromatic nitrogens is 4. The van der Waals surface area contributed by atoms with E-state index in [0.717, 1.165) is 21.5 Å². The maximum Gasteiger partial charge on any atom is 0.343 e. The van der Waals surface area contributed by atoms with Crippen molar-refractivity contribution < 1.29 is 9.59 Å². The van der Waals surface area contributed by atoms with Gasteiger partial charge in [0.2, 0.25) is 11.7 Å². The number of hydrogen-bond acceptors (Lipinski definition) is 5. The molecule has 2 aliphatic rings. The summed E-state index contributed by atoms with van der Waals surface area (Å²) < 4.78 is 1.08. The van der Waals surface area contributed by atoms with Crippen LogP contribution in [0.2, 0.25) is 0 Å². The van der Waals surface area contributed by atoms with E-state index in [0.29, 0.717) is 13.0 Å². The minimum atomic E-state index is -0.926. The Morgan fingerprint density at radius 2 is 2.03 bits per heavy atom. The number of rotatable bonds is 2. The van der Waals surface area contributed by atoms with Crippen LogP contribution in [0, 0.1) is 0 Å². The van der Waals surface area contributed by atoms with E-state index >= 15 is 0 Å². The van der Waals surface area contributed by atoms with Crippen molar-refractivity contribution >= 4 is 17.5 Å². The number of amides is 2. The Hall–Kier alpha value is -3.75. The lowest BCUT2D eigenvalue weighted by molar-refractivity contribution is -0.121. The number of likely N-dealkylation sites (tertiary alicyclic amines) is 1. The fourth-order valence-corrected chi connectivity index (χ4v) is 4.54. The zero-order valence-electron chi connectivity index (χ0n) is 15.6. The minimum Gasteiger partial charge on any atom is -0.327 e. The van der Waals surface area contributed by atoms with Crippen molar-refractivity contribution in [2.45, 2.75) is 17.9 Å². The fraction of sp³-hybridized carbons (Fsp3) is 0.250. The smallest absolute Gasteiger partial charge is 0.327 e. The number of hydrogen-bond donors (Lipinski definition) is 2. The molecule has 2 aromatic heterocycles. The van der Waals surface area contributed by atoms with Crippen LogP contribution >= 0.6 is 0 Å². The number of pyridine rings is 1. The van der Waals surface area contributed by atoms with Crippen LogP contribution in [0.15, 0.2) is 53.6 Å². The summed E-state index contributed by atoms with van der Waals surface area (Å²) in [7, 11) is 1.47. The molecule has 2 unspecified atom stereocenters. The molecule has 3 aromatic rings. The highest BCUT2D eigenvalue weighted by molar-refractivity contribution is 6.08. The van der Waals surface area contributed by atoms with Crippen molar-refractivity contribution in [3.63, 3.8) is 0 Å². The average Bonchev–Trinajstić information content (AvgIpc) is 3.38. The third-order valence-electron chi connectivity index (χ3n) is 5.82. The summed E-state index contributed by atoms with van der Waals surface area (Å²) in [4.78, 5) is 46.6. The highest BCUT2D eigenvalue weighted by Gasteiger charge is 2.59. The van der Waals surface area contributed by atoms with Crippen LogP contribution in [0.3, 0.4) is 0 Å². The third kappa shape index (κ3) is 2.36. The summed E-state index contributed by atoms with van der Waals surface area (Å²) in [5.41, 5.74) is 0.980. The maximum absolute atomic E-state index is 13.3. The molecule has 9 heteroatoms. The molecule has 1 aromatic carbocycles. The first-order chi connectivity index (χ1) is 14.0. The lowest BCUT2D eigenvalue weighted by Crippen LogP contribution is -2.43. The summed E-state index contributed by atoms with van der Waals surface area (Å²) in [6.45, 7) is 0.346. The van der Waals surface area contributed by atoms with Gasteiger partial charge in [0.05, 0.1) is 6.04 Å². The van der Waals surface area contributed by atoms with Gasteiger partial charge in [-0.15, -0.1) is 5.10 Å². The van der Waals surface area contributed by atoms with Gasteiger partial charge in [-0.05, 0) is 29.7 Å². The number of anilines is 1. The first-order valence-corrected chi connectivity index (χ1v) is 9.27. The number of nitrogens with one attached hydrogen (secondary N) is 2. The average molecular weight is 390 g/mol. The van der Waals surface area contributed by atoms with Crippen LogP contribution in [0.4, 0.5) is 5.69 Å². The first kappa shape index (κ1) is 17.4. The van der Waals surface area contributed by atoms with Gasteiger partial charge < -0.3 is 10.2 Å². The number of aromatic amines is 1. The van der Waals surface area contributed by atoms with Crippen molar-refractivity contribution in [3.8, 4) is 0 Å². The standard InChI is InChI=1S/C20H18N6O3/c1-25-19(29)23-16(24-25)17(27)26-10-8-20(15(26)12-5-4-9-21-11-12)13-6-2-3-7-14(13)22-18(20)28/h2-7,9,11,15H,8,10H2,1H3,(H,22,28)(H,23,24,29). The molecule has 1 spiro atoms. The van der Waals surface area contributed by atoms with E-state index in [2.05, 4.69) is 20.4 Å². The molecule has 0 saturated carbocycles. The van der Waals surface area contributed by atoms with Gasteiger partial charge in [0.1, 0.15) is 5.41 Å². The zero-order chi connectivity index (χ0) is 20.2. The summed E-state index contributed by atoms with van der Waals surface area (Å²) in [5, 5.41) is 6.97. The van der Waals surface area contributed by atoms with Gasteiger partial charge in [0.25, 0.3) is 5.91 Å². The van der Waals surface area contributed by atoms with Crippen LogP contribution in [-0.2, 0) is 17.3 Å². The molecular formula is C20H18N6O3. The Bertz CT molecular complexity index is 1180. The Labute approximate surface area is 165 Å². The Morgan fingerprint density at radius 1 is 1.21 bits per heavy atom. The van der Waals surface area contributed by atoms with Crippen molar-refractivity contribution in [3.05, 3.63) is 76.2 Å². The molecule has 0 aliphatic carbocycles. The van der Waals surface area contributed by atoms with Crippen LogP contribution in [0.1, 0.15) is 34.2 Å². The highest BCUT2D eigenvalue weighted by atomic mass is 16.2. The molecule has 29 heavy (non-hydrogen) atoms. The summed E-state index contributed by atoms with van der Waals surface area (Å²) in [6, 6.07) is 10.6. The summed E-state index contributed by atoms with van der Waals surface area (Å²) in [6.07, 6.45) is 3.78. The number of nitrogens with zero attached hydrogens (tertiary/aromatic N) is 4. The van der Waals surface area contributed by atoms with Gasteiger partial charge in [-0.25, -0.2) is 9.48 Å². The minimum absolute atomic E-state index is 0.0462. The number of fused-ring (bicyclic) bond motifs is 2. The van der Waals surface area contributed by atoms with E-state index in [4.69, 9.17) is 0 Å². The topological polar surface area (TPSA) is 113 Å². The van der Waals surface area contributed by atoms with Gasteiger partial charge in [0.15, 0.2) is 0 Å². The van der Waals surface area contributed by atoms with E-state index in [-0.39, 0.29) is 11.7 Å². The fourth-order valence-electron chi connectivity index (χ4n) is 4.54. The second kappa shape index (κ2) is 6.13. The van der Waals surface area contributed by atoms with Crippen LogP contribution in [-0.4, -0.2) is 43.0 Å². The van der Waals surface area contributed by atoms with Crippen LogP contribution < -0.4 is 11.0 Å². The Kier molecular flexibility index (Phi) is 3.67. The number of carbonyl (C=O) groups excluding carboxylic acids is 2. The van der Waals surface area contributed by atoms with Crippen LogP contribution in [0.5, 0.6) is 0 Å². The number of aryl methyl sites for hydroxylation is 1. The number of para-hydroxylation sites is 1. The molecule has 146 valence electrons. The molecule has 2 N–H and O–H groups in total. The van der Waals surface area contributed by atoms with Gasteiger partial charge in [0, 0.05) is 31.7 Å². The SMILES string of the molecule is Cn1nc(C(=O)N2CCC3(C(=O)Nc4ccccc43)C2c2cccnc2)[nH]c1=O. The second-order valence-corrected chi connectivity index (χ2v) is 7.31. The van der Waals surface area contributed by atoms with E-state index in [1.165, 1.54) is 7.05 Å². The molecule has 0 bridgehead atoms. The first-order valence-electron chi connectivity index (χ1n) is 9.27. The Balaban J connectivity index is 1.67. The molecule has 2 aliphatic heterocycles. The molecule has 2 amide bonds. The van der Waals surface area contributed by atoms with Crippen molar-refractivity contribution in [1.29, 1.82) is 0 Å². The molecule has 4 heterocycles. The normalized spacial score (nSPS) is 22.7. The largest absolute Gasteiger partial charge is 0.343 e. The summed E-state index contributed by atoms with van der Waals surface area (Å²) >= 11 is 0. The maximum atomic E-state index is 13.3. The molecule has 5 rings (SSSR count). The van der Waals surface area contributed by atoms with Gasteiger partial charge in [-0.3, -0.25) is 19.6 Å². The van der Waals surface area contributed by atoms with Gasteiger partial charge in [-0.2, -0.15) is 0 Å².